The van der Waals surface area contributed by atoms with Crippen LogP contribution in [0.25, 0.3) is 26.7 Å². The maximum atomic E-state index is 13.6. The van der Waals surface area contributed by atoms with Gasteiger partial charge in [-0.15, -0.1) is 5.10 Å². The van der Waals surface area contributed by atoms with E-state index in [4.69, 9.17) is 10.5 Å². The van der Waals surface area contributed by atoms with Crippen LogP contribution < -0.4 is 16.2 Å². The number of pyridine rings is 1. The number of H-pyrrole nitrogens is 1. The first-order chi connectivity index (χ1) is 17.4. The molecule has 1 aliphatic rings. The van der Waals surface area contributed by atoms with E-state index in [9.17, 15) is 14.7 Å². The molecule has 2 atom stereocenters. The maximum absolute atomic E-state index is 13.6. The van der Waals surface area contributed by atoms with Gasteiger partial charge >= 0.3 is 0 Å². The van der Waals surface area contributed by atoms with E-state index in [2.05, 4.69) is 24.4 Å². The summed E-state index contributed by atoms with van der Waals surface area (Å²) in [6.07, 6.45) is 3.49. The molecule has 0 bridgehead atoms. The molecule has 1 amide bonds. The quantitative estimate of drug-likeness (QED) is 0.329. The summed E-state index contributed by atoms with van der Waals surface area (Å²) in [5.41, 5.74) is 4.79. The van der Waals surface area contributed by atoms with E-state index >= 15 is 0 Å². The van der Waals surface area contributed by atoms with Gasteiger partial charge in [-0.2, -0.15) is 9.36 Å². The summed E-state index contributed by atoms with van der Waals surface area (Å²) in [7, 11) is 0. The van der Waals surface area contributed by atoms with Crippen LogP contribution in [0, 0.1) is 0 Å². The molecule has 13 heteroatoms. The SMILES string of the molecule is CC1([C@@H](O)c2nc(=O)c3c(ccc4c(N)nsc43)[nH]2)OCCN(c2ccn(-c3cccnc3)n2)C1=O. The Morgan fingerprint density at radius 3 is 2.94 bits per heavy atom. The topological polar surface area (TPSA) is 165 Å². The molecule has 1 aliphatic heterocycles. The van der Waals surface area contributed by atoms with Crippen molar-refractivity contribution in [2.45, 2.75) is 18.6 Å². The summed E-state index contributed by atoms with van der Waals surface area (Å²) in [5, 5.41) is 16.7. The third kappa shape index (κ3) is 3.36. The number of morpholine rings is 1. The fourth-order valence-electron chi connectivity index (χ4n) is 4.35. The lowest BCUT2D eigenvalue weighted by molar-refractivity contribution is -0.167. The van der Waals surface area contributed by atoms with E-state index < -0.39 is 23.2 Å². The zero-order valence-corrected chi connectivity index (χ0v) is 19.8. The van der Waals surface area contributed by atoms with Gasteiger partial charge in [-0.05, 0) is 42.7 Å². The molecule has 1 fully saturated rings. The number of aliphatic hydroxyl groups excluding tert-OH is 1. The number of anilines is 2. The van der Waals surface area contributed by atoms with Crippen LogP contribution in [0.5, 0.6) is 0 Å². The van der Waals surface area contributed by atoms with Gasteiger partial charge in [0.1, 0.15) is 17.7 Å². The molecule has 0 spiro atoms. The van der Waals surface area contributed by atoms with Gasteiger partial charge in [-0.3, -0.25) is 19.5 Å². The highest BCUT2D eigenvalue weighted by Gasteiger charge is 2.49. The summed E-state index contributed by atoms with van der Waals surface area (Å²) in [4.78, 5) is 39.1. The number of benzene rings is 1. The van der Waals surface area contributed by atoms with E-state index in [0.717, 1.165) is 17.2 Å². The molecule has 5 heterocycles. The average Bonchev–Trinajstić information content (AvgIpc) is 3.53. The molecule has 5 aromatic rings. The molecule has 6 rings (SSSR count). The van der Waals surface area contributed by atoms with Gasteiger partial charge in [0.15, 0.2) is 11.4 Å². The molecule has 4 aromatic heterocycles. The van der Waals surface area contributed by atoms with Crippen LogP contribution in [0.15, 0.2) is 53.7 Å². The normalized spacial score (nSPS) is 19.3. The van der Waals surface area contributed by atoms with E-state index in [-0.39, 0.29) is 19.0 Å². The Kier molecular flexibility index (Phi) is 5.07. The maximum Gasteiger partial charge on any atom is 0.282 e. The molecular formula is C23H20N8O4S. The first-order valence-corrected chi connectivity index (χ1v) is 11.8. The minimum Gasteiger partial charge on any atom is -0.382 e. The first kappa shape index (κ1) is 22.3. The van der Waals surface area contributed by atoms with Crippen molar-refractivity contribution in [1.82, 2.24) is 29.1 Å². The molecule has 12 nitrogen and oxygen atoms in total. The van der Waals surface area contributed by atoms with Gasteiger partial charge < -0.3 is 20.6 Å². The number of rotatable bonds is 4. The van der Waals surface area contributed by atoms with E-state index in [1.165, 1.54) is 11.8 Å². The van der Waals surface area contributed by atoms with Crippen LogP contribution in [0.3, 0.4) is 0 Å². The number of fused-ring (bicyclic) bond motifs is 3. The first-order valence-electron chi connectivity index (χ1n) is 11.0. The third-order valence-electron chi connectivity index (χ3n) is 6.30. The second-order valence-electron chi connectivity index (χ2n) is 8.50. The number of carbonyl (C=O) groups excluding carboxylic acids is 1. The smallest absolute Gasteiger partial charge is 0.282 e. The number of amides is 1. The number of aromatic amines is 1. The second-order valence-corrected chi connectivity index (χ2v) is 9.28. The van der Waals surface area contributed by atoms with Gasteiger partial charge in [0, 0.05) is 23.8 Å². The van der Waals surface area contributed by atoms with Crippen LogP contribution >= 0.6 is 11.5 Å². The van der Waals surface area contributed by atoms with Crippen LogP contribution in [-0.4, -0.2) is 58.9 Å². The molecule has 1 unspecified atom stereocenters. The summed E-state index contributed by atoms with van der Waals surface area (Å²) >= 11 is 1.10. The van der Waals surface area contributed by atoms with Gasteiger partial charge in [-0.1, -0.05) is 0 Å². The van der Waals surface area contributed by atoms with Crippen LogP contribution in [-0.2, 0) is 9.53 Å². The largest absolute Gasteiger partial charge is 0.382 e. The number of aliphatic hydroxyl groups is 1. The Labute approximate surface area is 207 Å². The lowest BCUT2D eigenvalue weighted by atomic mass is 9.94. The number of nitrogens with two attached hydrogens (primary N) is 1. The standard InChI is InChI=1S/C23H20N8O4S/c1-23(18(32)20-26-14-5-4-13-17(36-29-19(13)24)16(14)21(33)27-20)22(34)30(9-10-35-23)15-6-8-31(28-15)12-3-2-7-25-11-12/h2-8,11,18,32H,9-10H2,1H3,(H2,24,29)(H,26,27,33)/t18-,23?/m0/s1. The predicted octanol–water partition coefficient (Wildman–Crippen LogP) is 1.55. The number of aromatic nitrogens is 6. The van der Waals surface area contributed by atoms with E-state index in [1.807, 2.05) is 6.07 Å². The average molecular weight is 505 g/mol. The van der Waals surface area contributed by atoms with Crippen molar-refractivity contribution in [3.63, 3.8) is 0 Å². The van der Waals surface area contributed by atoms with Crippen LogP contribution in [0.1, 0.15) is 18.9 Å². The lowest BCUT2D eigenvalue weighted by Gasteiger charge is -2.40. The zero-order chi connectivity index (χ0) is 25.0. The number of nitrogens with one attached hydrogen (secondary N) is 1. The lowest BCUT2D eigenvalue weighted by Crippen LogP contribution is -2.58. The summed E-state index contributed by atoms with van der Waals surface area (Å²) in [6, 6.07) is 8.74. The molecule has 1 saturated heterocycles. The molecule has 36 heavy (non-hydrogen) atoms. The van der Waals surface area contributed by atoms with Crippen molar-refractivity contribution in [3.8, 4) is 5.69 Å². The number of nitrogens with zero attached hydrogens (tertiary/aromatic N) is 6. The Balaban J connectivity index is 1.35. The van der Waals surface area contributed by atoms with Crippen molar-refractivity contribution in [2.24, 2.45) is 0 Å². The van der Waals surface area contributed by atoms with Gasteiger partial charge in [0.05, 0.1) is 40.6 Å². The van der Waals surface area contributed by atoms with Crippen LogP contribution in [0.4, 0.5) is 11.6 Å². The molecular weight excluding hydrogens is 484 g/mol. The highest BCUT2D eigenvalue weighted by atomic mass is 32.1. The third-order valence-corrected chi connectivity index (χ3v) is 7.19. The Morgan fingerprint density at radius 2 is 2.14 bits per heavy atom. The summed E-state index contributed by atoms with van der Waals surface area (Å²) in [5.74, 6) is 0.143. The number of carbonyl (C=O) groups is 1. The number of hydrogen-bond acceptors (Lipinski definition) is 10. The Morgan fingerprint density at radius 1 is 1.28 bits per heavy atom. The second kappa shape index (κ2) is 8.19. The van der Waals surface area contributed by atoms with Crippen LogP contribution in [0.2, 0.25) is 0 Å². The highest BCUT2D eigenvalue weighted by Crippen LogP contribution is 2.35. The molecule has 0 radical (unpaired) electrons. The van der Waals surface area contributed by atoms with Crippen molar-refractivity contribution in [1.29, 1.82) is 0 Å². The molecule has 182 valence electrons. The van der Waals surface area contributed by atoms with Crippen molar-refractivity contribution in [3.05, 3.63) is 65.1 Å². The minimum absolute atomic E-state index is 0.0806. The number of ether oxygens (including phenoxy) is 1. The monoisotopic (exact) mass is 504 g/mol. The highest BCUT2D eigenvalue weighted by molar-refractivity contribution is 7.14. The summed E-state index contributed by atoms with van der Waals surface area (Å²) in [6.45, 7) is 1.87. The number of nitrogen functional groups attached to an aromatic ring is 1. The van der Waals surface area contributed by atoms with Crippen molar-refractivity contribution >= 4 is 50.1 Å². The van der Waals surface area contributed by atoms with Crippen molar-refractivity contribution < 1.29 is 14.6 Å². The van der Waals surface area contributed by atoms with Gasteiger partial charge in [0.25, 0.3) is 11.5 Å². The Hall–Kier alpha value is -4.20. The Bertz CT molecular complexity index is 1680. The van der Waals surface area contributed by atoms with E-state index in [0.29, 0.717) is 32.6 Å². The van der Waals surface area contributed by atoms with E-state index in [1.54, 1.807) is 47.5 Å². The predicted molar refractivity (Wildman–Crippen MR) is 133 cm³/mol. The summed E-state index contributed by atoms with van der Waals surface area (Å²) < 4.78 is 12.1. The van der Waals surface area contributed by atoms with Gasteiger partial charge in [-0.25, -0.2) is 4.68 Å². The number of hydrogen-bond donors (Lipinski definition) is 3. The minimum atomic E-state index is -1.71. The van der Waals surface area contributed by atoms with Gasteiger partial charge in [0.2, 0.25) is 0 Å². The molecule has 0 aliphatic carbocycles. The molecule has 4 N–H and O–H groups in total. The molecule has 0 saturated carbocycles. The fourth-order valence-corrected chi connectivity index (χ4v) is 5.19. The fraction of sp³-hybridized carbons (Fsp3) is 0.217. The van der Waals surface area contributed by atoms with Crippen molar-refractivity contribution in [2.75, 3.05) is 23.8 Å². The molecule has 1 aromatic carbocycles. The zero-order valence-electron chi connectivity index (χ0n) is 19.0.